The average Bonchev–Trinajstić information content (AvgIpc) is 3.09. The smallest absolute Gasteiger partial charge is 0.226 e. The molecule has 22 heavy (non-hydrogen) atoms. The van der Waals surface area contributed by atoms with E-state index in [1.165, 1.54) is 0 Å². The number of hydrogen-bond donors (Lipinski definition) is 1. The first-order valence-corrected chi connectivity index (χ1v) is 8.04. The molecule has 0 bridgehead atoms. The van der Waals surface area contributed by atoms with Crippen molar-refractivity contribution in [3.63, 3.8) is 0 Å². The highest BCUT2D eigenvalue weighted by atomic mass is 32.1. The minimum Gasteiger partial charge on any atom is -0.352 e. The van der Waals surface area contributed by atoms with Crippen molar-refractivity contribution in [3.05, 3.63) is 76.7 Å². The highest BCUT2D eigenvalue weighted by Gasteiger charge is 2.05. The third-order valence-corrected chi connectivity index (χ3v) is 4.04. The summed E-state index contributed by atoms with van der Waals surface area (Å²) in [5.74, 6) is -0.0142. The second kappa shape index (κ2) is 7.00. The molecule has 0 radical (unpaired) electrons. The number of pyridine rings is 1. The molecular formula is C18H16N2OS. The molecule has 0 aliphatic rings. The van der Waals surface area contributed by atoms with Crippen LogP contribution in [0.15, 0.2) is 65.5 Å². The lowest BCUT2D eigenvalue weighted by atomic mass is 10.1. The van der Waals surface area contributed by atoms with Gasteiger partial charge in [0, 0.05) is 24.0 Å². The highest BCUT2D eigenvalue weighted by Crippen LogP contribution is 2.21. The summed E-state index contributed by atoms with van der Waals surface area (Å²) < 4.78 is 0. The Balaban J connectivity index is 1.55. The van der Waals surface area contributed by atoms with Gasteiger partial charge >= 0.3 is 0 Å². The zero-order chi connectivity index (χ0) is 15.2. The summed E-state index contributed by atoms with van der Waals surface area (Å²) in [5, 5.41) is 7.04. The van der Waals surface area contributed by atoms with Gasteiger partial charge in [-0.25, -0.2) is 0 Å². The van der Waals surface area contributed by atoms with Gasteiger partial charge in [0.1, 0.15) is 0 Å². The second-order valence-electron chi connectivity index (χ2n) is 4.99. The first kappa shape index (κ1) is 14.5. The Morgan fingerprint density at radius 3 is 2.59 bits per heavy atom. The zero-order valence-corrected chi connectivity index (χ0v) is 12.8. The fourth-order valence-corrected chi connectivity index (χ4v) is 2.82. The fraction of sp³-hybridized carbons (Fsp3) is 0.111. The van der Waals surface area contributed by atoms with E-state index >= 15 is 0 Å². The van der Waals surface area contributed by atoms with Crippen molar-refractivity contribution in [1.82, 2.24) is 10.3 Å². The molecule has 2 aromatic heterocycles. The Labute approximate surface area is 133 Å². The molecule has 0 aliphatic carbocycles. The third-order valence-electron chi connectivity index (χ3n) is 3.35. The van der Waals surface area contributed by atoms with Gasteiger partial charge in [-0.3, -0.25) is 9.78 Å². The molecular weight excluding hydrogens is 292 g/mol. The molecule has 0 unspecified atom stereocenters. The molecule has 110 valence electrons. The van der Waals surface area contributed by atoms with E-state index in [1.807, 2.05) is 54.0 Å². The van der Waals surface area contributed by atoms with Crippen LogP contribution < -0.4 is 5.32 Å². The van der Waals surface area contributed by atoms with E-state index in [2.05, 4.69) is 21.7 Å². The van der Waals surface area contributed by atoms with E-state index in [0.29, 0.717) is 13.0 Å². The number of amides is 1. The summed E-state index contributed by atoms with van der Waals surface area (Å²) in [6.07, 6.45) is 2.12. The number of rotatable bonds is 5. The Kier molecular flexibility index (Phi) is 4.61. The fourth-order valence-electron chi connectivity index (χ4n) is 2.15. The van der Waals surface area contributed by atoms with Crippen molar-refractivity contribution in [2.45, 2.75) is 13.0 Å². The number of hydrogen-bond acceptors (Lipinski definition) is 3. The molecule has 0 aliphatic heterocycles. The largest absolute Gasteiger partial charge is 0.352 e. The van der Waals surface area contributed by atoms with Crippen molar-refractivity contribution in [2.24, 2.45) is 0 Å². The van der Waals surface area contributed by atoms with E-state index in [0.717, 1.165) is 22.4 Å². The molecule has 1 aromatic carbocycles. The number of benzene rings is 1. The first-order chi connectivity index (χ1) is 10.8. The van der Waals surface area contributed by atoms with E-state index in [1.54, 1.807) is 11.3 Å². The molecule has 3 nitrogen and oxygen atoms in total. The van der Waals surface area contributed by atoms with Crippen molar-refractivity contribution >= 4 is 17.2 Å². The van der Waals surface area contributed by atoms with Crippen molar-refractivity contribution in [1.29, 1.82) is 0 Å². The lowest BCUT2D eigenvalue weighted by molar-refractivity contribution is -0.120. The van der Waals surface area contributed by atoms with Gasteiger partial charge in [0.2, 0.25) is 5.91 Å². The molecule has 0 atom stereocenters. The van der Waals surface area contributed by atoms with Crippen LogP contribution in [0.4, 0.5) is 0 Å². The summed E-state index contributed by atoms with van der Waals surface area (Å²) in [6, 6.07) is 15.9. The summed E-state index contributed by atoms with van der Waals surface area (Å²) in [4.78, 5) is 16.3. The zero-order valence-electron chi connectivity index (χ0n) is 12.0. The lowest BCUT2D eigenvalue weighted by Crippen LogP contribution is -2.24. The Bertz CT molecular complexity index is 722. The van der Waals surface area contributed by atoms with Crippen LogP contribution >= 0.6 is 11.3 Å². The number of nitrogens with one attached hydrogen (secondary N) is 1. The molecule has 3 aromatic rings. The van der Waals surface area contributed by atoms with Crippen LogP contribution in [0.25, 0.3) is 11.1 Å². The molecule has 0 saturated heterocycles. The van der Waals surface area contributed by atoms with Crippen LogP contribution in [0.2, 0.25) is 0 Å². The van der Waals surface area contributed by atoms with Gasteiger partial charge in [-0.2, -0.15) is 11.3 Å². The van der Waals surface area contributed by atoms with Gasteiger partial charge < -0.3 is 5.32 Å². The minimum atomic E-state index is -0.0142. The monoisotopic (exact) mass is 308 g/mol. The summed E-state index contributed by atoms with van der Waals surface area (Å²) in [7, 11) is 0. The van der Waals surface area contributed by atoms with Gasteiger partial charge in [-0.1, -0.05) is 36.4 Å². The quantitative estimate of drug-likeness (QED) is 0.781. The van der Waals surface area contributed by atoms with E-state index in [-0.39, 0.29) is 5.91 Å². The highest BCUT2D eigenvalue weighted by molar-refractivity contribution is 7.08. The molecule has 3 rings (SSSR count). The number of thiophene rings is 1. The molecule has 4 heteroatoms. The maximum Gasteiger partial charge on any atom is 0.226 e. The minimum absolute atomic E-state index is 0.0142. The van der Waals surface area contributed by atoms with Crippen LogP contribution in [0.1, 0.15) is 11.3 Å². The predicted octanol–water partition coefficient (Wildman–Crippen LogP) is 3.67. The van der Waals surface area contributed by atoms with Gasteiger partial charge in [0.25, 0.3) is 0 Å². The summed E-state index contributed by atoms with van der Waals surface area (Å²) in [6.45, 7) is 0.548. The standard InChI is InChI=1S/C18H16N2OS/c21-18(20-11-14-4-2-1-3-5-14)10-17-7-6-15(12-19-17)16-8-9-22-13-16/h1-9,12-13H,10-11H2,(H,20,21). The second-order valence-corrected chi connectivity index (χ2v) is 5.77. The number of carbonyl (C=O) groups is 1. The van der Waals surface area contributed by atoms with E-state index in [9.17, 15) is 4.79 Å². The topological polar surface area (TPSA) is 42.0 Å². The average molecular weight is 308 g/mol. The van der Waals surface area contributed by atoms with Crippen molar-refractivity contribution in [3.8, 4) is 11.1 Å². The maximum atomic E-state index is 11.9. The molecule has 2 heterocycles. The number of nitrogens with zero attached hydrogens (tertiary/aromatic N) is 1. The molecule has 1 amide bonds. The van der Waals surface area contributed by atoms with E-state index < -0.39 is 0 Å². The van der Waals surface area contributed by atoms with Crippen LogP contribution in [0, 0.1) is 0 Å². The SMILES string of the molecule is O=C(Cc1ccc(-c2ccsc2)cn1)NCc1ccccc1. The Hall–Kier alpha value is -2.46. The van der Waals surface area contributed by atoms with Crippen LogP contribution in [-0.2, 0) is 17.8 Å². The lowest BCUT2D eigenvalue weighted by Gasteiger charge is -2.05. The summed E-state index contributed by atoms with van der Waals surface area (Å²) in [5.41, 5.74) is 4.12. The first-order valence-electron chi connectivity index (χ1n) is 7.09. The van der Waals surface area contributed by atoms with Gasteiger partial charge in [0.15, 0.2) is 0 Å². The third kappa shape index (κ3) is 3.80. The summed E-state index contributed by atoms with van der Waals surface area (Å²) >= 11 is 1.66. The van der Waals surface area contributed by atoms with E-state index in [4.69, 9.17) is 0 Å². The molecule has 1 N–H and O–H groups in total. The van der Waals surface area contributed by atoms with Crippen molar-refractivity contribution in [2.75, 3.05) is 0 Å². The van der Waals surface area contributed by atoms with Gasteiger partial charge in [0.05, 0.1) is 6.42 Å². The Morgan fingerprint density at radius 1 is 1.05 bits per heavy atom. The van der Waals surface area contributed by atoms with Crippen molar-refractivity contribution < 1.29 is 4.79 Å². The normalized spacial score (nSPS) is 10.4. The Morgan fingerprint density at radius 2 is 1.91 bits per heavy atom. The van der Waals surface area contributed by atoms with Gasteiger partial charge in [-0.05, 0) is 34.0 Å². The number of carbonyl (C=O) groups excluding carboxylic acids is 1. The maximum absolute atomic E-state index is 11.9. The van der Waals surface area contributed by atoms with Gasteiger partial charge in [-0.15, -0.1) is 0 Å². The van der Waals surface area contributed by atoms with Crippen LogP contribution in [0.5, 0.6) is 0 Å². The predicted molar refractivity (Wildman–Crippen MR) is 89.5 cm³/mol. The molecule has 0 saturated carbocycles. The van der Waals surface area contributed by atoms with Crippen LogP contribution in [0.3, 0.4) is 0 Å². The van der Waals surface area contributed by atoms with Crippen LogP contribution in [-0.4, -0.2) is 10.9 Å². The molecule has 0 fully saturated rings. The molecule has 0 spiro atoms. The number of aromatic nitrogens is 1.